The fourth-order valence-corrected chi connectivity index (χ4v) is 3.18. The quantitative estimate of drug-likeness (QED) is 0.515. The van der Waals surface area contributed by atoms with E-state index in [9.17, 15) is 19.7 Å². The molecule has 2 aromatic rings. The van der Waals surface area contributed by atoms with Crippen LogP contribution in [0.25, 0.3) is 0 Å². The molecule has 1 N–H and O–H groups in total. The molecule has 134 valence electrons. The SMILES string of the molecule is COC(=O)c1cc(C(=O)Nc2cccc3c2CCCC3)cc([N+](=O)[O-])c1. The highest BCUT2D eigenvalue weighted by Gasteiger charge is 2.20. The number of anilines is 1. The number of nitrogens with zero attached hydrogens (tertiary/aromatic N) is 1. The normalized spacial score (nSPS) is 12.8. The second kappa shape index (κ2) is 7.35. The summed E-state index contributed by atoms with van der Waals surface area (Å²) in [5.41, 5.74) is 2.68. The minimum atomic E-state index is -0.736. The van der Waals surface area contributed by atoms with Gasteiger partial charge in [-0.3, -0.25) is 14.9 Å². The van der Waals surface area contributed by atoms with Gasteiger partial charge in [0.1, 0.15) is 0 Å². The molecular formula is C19H18N2O5. The first kappa shape index (κ1) is 17.6. The first-order chi connectivity index (χ1) is 12.5. The van der Waals surface area contributed by atoms with E-state index in [1.54, 1.807) is 0 Å². The molecule has 0 saturated carbocycles. The number of esters is 1. The van der Waals surface area contributed by atoms with Gasteiger partial charge in [-0.25, -0.2) is 4.79 Å². The van der Waals surface area contributed by atoms with Crippen molar-refractivity contribution in [1.82, 2.24) is 0 Å². The maximum absolute atomic E-state index is 12.7. The Morgan fingerprint density at radius 2 is 1.85 bits per heavy atom. The Morgan fingerprint density at radius 3 is 2.58 bits per heavy atom. The highest BCUT2D eigenvalue weighted by Crippen LogP contribution is 2.28. The van der Waals surface area contributed by atoms with Gasteiger partial charge in [0.15, 0.2) is 0 Å². The van der Waals surface area contributed by atoms with Crippen molar-refractivity contribution in [2.75, 3.05) is 12.4 Å². The molecule has 1 amide bonds. The number of nitro groups is 1. The van der Waals surface area contributed by atoms with Crippen molar-refractivity contribution < 1.29 is 19.2 Å². The molecule has 26 heavy (non-hydrogen) atoms. The Morgan fingerprint density at radius 1 is 1.12 bits per heavy atom. The Kier molecular flexibility index (Phi) is 4.97. The van der Waals surface area contributed by atoms with Crippen molar-refractivity contribution in [3.8, 4) is 0 Å². The predicted octanol–water partition coefficient (Wildman–Crippen LogP) is 3.51. The zero-order valence-electron chi connectivity index (χ0n) is 14.3. The van der Waals surface area contributed by atoms with Gasteiger partial charge in [0.2, 0.25) is 0 Å². The van der Waals surface area contributed by atoms with Gasteiger partial charge < -0.3 is 10.1 Å². The number of carbonyl (C=O) groups is 2. The monoisotopic (exact) mass is 354 g/mol. The fourth-order valence-electron chi connectivity index (χ4n) is 3.18. The molecule has 0 bridgehead atoms. The van der Waals surface area contributed by atoms with E-state index < -0.39 is 16.8 Å². The molecule has 7 heteroatoms. The maximum Gasteiger partial charge on any atom is 0.338 e. The van der Waals surface area contributed by atoms with Crippen LogP contribution in [0.1, 0.15) is 44.7 Å². The molecule has 0 fully saturated rings. The molecule has 2 aromatic carbocycles. The maximum atomic E-state index is 12.7. The lowest BCUT2D eigenvalue weighted by molar-refractivity contribution is -0.384. The summed E-state index contributed by atoms with van der Waals surface area (Å²) in [6.45, 7) is 0. The van der Waals surface area contributed by atoms with Crippen LogP contribution in [0.5, 0.6) is 0 Å². The van der Waals surface area contributed by atoms with E-state index in [4.69, 9.17) is 0 Å². The van der Waals surface area contributed by atoms with Crippen molar-refractivity contribution in [3.63, 3.8) is 0 Å². The number of carbonyl (C=O) groups excluding carboxylic acids is 2. The number of ether oxygens (including phenoxy) is 1. The minimum Gasteiger partial charge on any atom is -0.465 e. The molecule has 3 rings (SSSR count). The van der Waals surface area contributed by atoms with Gasteiger partial charge in [0, 0.05) is 23.4 Å². The number of nitro benzene ring substituents is 1. The molecule has 0 heterocycles. The number of hydrogen-bond donors (Lipinski definition) is 1. The van der Waals surface area contributed by atoms with Gasteiger partial charge in [-0.15, -0.1) is 0 Å². The van der Waals surface area contributed by atoms with Crippen molar-refractivity contribution >= 4 is 23.3 Å². The topological polar surface area (TPSA) is 98.5 Å². The molecule has 0 aliphatic heterocycles. The van der Waals surface area contributed by atoms with E-state index in [0.29, 0.717) is 5.69 Å². The van der Waals surface area contributed by atoms with Crippen LogP contribution in [0.2, 0.25) is 0 Å². The van der Waals surface area contributed by atoms with Crippen molar-refractivity contribution in [3.05, 3.63) is 68.8 Å². The summed E-state index contributed by atoms with van der Waals surface area (Å²) >= 11 is 0. The van der Waals surface area contributed by atoms with E-state index in [2.05, 4.69) is 10.1 Å². The molecule has 0 spiro atoms. The van der Waals surface area contributed by atoms with Crippen molar-refractivity contribution in [2.24, 2.45) is 0 Å². The largest absolute Gasteiger partial charge is 0.465 e. The van der Waals surface area contributed by atoms with Crippen molar-refractivity contribution in [2.45, 2.75) is 25.7 Å². The van der Waals surface area contributed by atoms with Gasteiger partial charge in [-0.2, -0.15) is 0 Å². The summed E-state index contributed by atoms with van der Waals surface area (Å²) in [6.07, 6.45) is 4.04. The molecule has 1 aliphatic rings. The molecule has 0 unspecified atom stereocenters. The molecule has 0 atom stereocenters. The number of hydrogen-bond acceptors (Lipinski definition) is 5. The molecule has 7 nitrogen and oxygen atoms in total. The van der Waals surface area contributed by atoms with E-state index in [-0.39, 0.29) is 16.8 Å². The first-order valence-electron chi connectivity index (χ1n) is 8.29. The highest BCUT2D eigenvalue weighted by molar-refractivity contribution is 6.06. The van der Waals surface area contributed by atoms with Crippen LogP contribution in [-0.4, -0.2) is 23.9 Å². The lowest BCUT2D eigenvalue weighted by Gasteiger charge is -2.19. The van der Waals surface area contributed by atoms with Crippen molar-refractivity contribution in [1.29, 1.82) is 0 Å². The third kappa shape index (κ3) is 3.56. The molecule has 0 saturated heterocycles. The minimum absolute atomic E-state index is 0.0352. The van der Waals surface area contributed by atoms with E-state index in [0.717, 1.165) is 43.4 Å². The fraction of sp³-hybridized carbons (Fsp3) is 0.263. The highest BCUT2D eigenvalue weighted by atomic mass is 16.6. The number of rotatable bonds is 4. The van der Waals surface area contributed by atoms with Crippen LogP contribution in [0, 0.1) is 10.1 Å². The summed E-state index contributed by atoms with van der Waals surface area (Å²) in [4.78, 5) is 34.9. The summed E-state index contributed by atoms with van der Waals surface area (Å²) in [5.74, 6) is -1.24. The van der Waals surface area contributed by atoms with Crippen LogP contribution in [0.4, 0.5) is 11.4 Å². The zero-order valence-corrected chi connectivity index (χ0v) is 14.3. The lowest BCUT2D eigenvalue weighted by atomic mass is 9.90. The third-order valence-electron chi connectivity index (χ3n) is 4.46. The average molecular weight is 354 g/mol. The number of aryl methyl sites for hydroxylation is 1. The van der Waals surface area contributed by atoms with Crippen LogP contribution < -0.4 is 5.32 Å². The van der Waals surface area contributed by atoms with Crippen LogP contribution in [0.15, 0.2) is 36.4 Å². The third-order valence-corrected chi connectivity index (χ3v) is 4.46. The lowest BCUT2D eigenvalue weighted by Crippen LogP contribution is -2.16. The standard InChI is InChI=1S/C19H18N2O5/c1-26-19(23)14-9-13(10-15(11-14)21(24)25)18(22)20-17-8-4-6-12-5-2-3-7-16(12)17/h4,6,8-11H,2-3,5,7H2,1H3,(H,20,22). The molecule has 1 aliphatic carbocycles. The predicted molar refractivity (Wildman–Crippen MR) is 95.5 cm³/mol. The Hall–Kier alpha value is -3.22. The summed E-state index contributed by atoms with van der Waals surface area (Å²) in [5, 5.41) is 13.9. The summed E-state index contributed by atoms with van der Waals surface area (Å²) in [6, 6.07) is 9.29. The number of nitrogens with one attached hydrogen (secondary N) is 1. The van der Waals surface area contributed by atoms with E-state index >= 15 is 0 Å². The summed E-state index contributed by atoms with van der Waals surface area (Å²) in [7, 11) is 1.18. The van der Waals surface area contributed by atoms with Crippen LogP contribution in [-0.2, 0) is 17.6 Å². The number of benzene rings is 2. The number of non-ortho nitro benzene ring substituents is 1. The Labute approximate surface area is 150 Å². The van der Waals surface area contributed by atoms with Gasteiger partial charge in [0.25, 0.3) is 11.6 Å². The molecular weight excluding hydrogens is 336 g/mol. The number of amides is 1. The Bertz CT molecular complexity index is 891. The average Bonchev–Trinajstić information content (AvgIpc) is 2.67. The molecule has 0 aromatic heterocycles. The van der Waals surface area contributed by atoms with Crippen LogP contribution >= 0.6 is 0 Å². The van der Waals surface area contributed by atoms with Gasteiger partial charge in [-0.05, 0) is 48.9 Å². The van der Waals surface area contributed by atoms with Gasteiger partial charge in [0.05, 0.1) is 17.6 Å². The smallest absolute Gasteiger partial charge is 0.338 e. The van der Waals surface area contributed by atoms with Crippen LogP contribution in [0.3, 0.4) is 0 Å². The number of methoxy groups -OCH3 is 1. The Balaban J connectivity index is 1.94. The van der Waals surface area contributed by atoms with Gasteiger partial charge in [-0.1, -0.05) is 12.1 Å². The van der Waals surface area contributed by atoms with E-state index in [1.165, 1.54) is 18.7 Å². The number of fused-ring (bicyclic) bond motifs is 1. The second-order valence-electron chi connectivity index (χ2n) is 6.12. The van der Waals surface area contributed by atoms with E-state index in [1.807, 2.05) is 18.2 Å². The zero-order chi connectivity index (χ0) is 18.7. The first-order valence-corrected chi connectivity index (χ1v) is 8.29. The van der Waals surface area contributed by atoms with Gasteiger partial charge >= 0.3 is 5.97 Å². The second-order valence-corrected chi connectivity index (χ2v) is 6.12. The molecule has 0 radical (unpaired) electrons. The summed E-state index contributed by atoms with van der Waals surface area (Å²) < 4.78 is 4.61.